The lowest BCUT2D eigenvalue weighted by atomic mass is 9.75. The van der Waals surface area contributed by atoms with Gasteiger partial charge >= 0.3 is 36.6 Å². The monoisotopic (exact) mass is 1120 g/mol. The first-order valence-corrected chi connectivity index (χ1v) is 29.2. The largest absolute Gasteiger partial charge is 0.445 e. The summed E-state index contributed by atoms with van der Waals surface area (Å²) in [5.74, 6) is 0.717. The molecule has 9 rings (SSSR count). The Balaban J connectivity index is 0.000000175. The van der Waals surface area contributed by atoms with Crippen LogP contribution in [0, 0.1) is 17.8 Å². The second-order valence-corrected chi connectivity index (χ2v) is 25.9. The summed E-state index contributed by atoms with van der Waals surface area (Å²) in [7, 11) is 0. The maximum atomic E-state index is 12.6. The Morgan fingerprint density at radius 1 is 0.407 bits per heavy atom. The highest BCUT2D eigenvalue weighted by Gasteiger charge is 2.53. The zero-order valence-corrected chi connectivity index (χ0v) is 49.5. The number of benzene rings is 3. The number of nitrogens with one attached hydrogen (secondary N) is 3. The molecule has 6 aliphatic rings. The molecule has 444 valence electrons. The molecule has 3 aliphatic carbocycles. The molecule has 0 aromatic heterocycles. The van der Waals surface area contributed by atoms with E-state index >= 15 is 0 Å². The maximum Gasteiger partial charge on any atom is 0.410 e. The molecule has 3 aromatic rings. The number of rotatable bonds is 9. The van der Waals surface area contributed by atoms with Crippen molar-refractivity contribution in [3.8, 4) is 0 Å². The van der Waals surface area contributed by atoms with Gasteiger partial charge in [-0.2, -0.15) is 0 Å². The molecule has 0 bridgehead atoms. The minimum Gasteiger partial charge on any atom is -0.445 e. The fourth-order valence-corrected chi connectivity index (χ4v) is 12.4. The molecule has 0 spiro atoms. The van der Waals surface area contributed by atoms with Crippen molar-refractivity contribution in [1.82, 2.24) is 30.7 Å². The van der Waals surface area contributed by atoms with E-state index < -0.39 is 51.7 Å². The number of ether oxygens (including phenoxy) is 6. The van der Waals surface area contributed by atoms with Crippen LogP contribution >= 0.6 is 0 Å². The van der Waals surface area contributed by atoms with Gasteiger partial charge in [-0.1, -0.05) is 130 Å². The lowest BCUT2D eigenvalue weighted by molar-refractivity contribution is 0.0385. The van der Waals surface area contributed by atoms with E-state index in [4.69, 9.17) is 28.4 Å². The second kappa shape index (κ2) is 26.9. The maximum absolute atomic E-state index is 12.6. The number of likely N-dealkylation sites (tertiary alicyclic amines) is 3. The number of alkyl carbamates (subject to hydrolysis) is 3. The molecule has 81 heavy (non-hydrogen) atoms. The number of nitrogens with zero attached hydrogens (tertiary/aromatic N) is 3. The van der Waals surface area contributed by atoms with Gasteiger partial charge in [0.1, 0.15) is 36.6 Å². The van der Waals surface area contributed by atoms with E-state index in [1.165, 1.54) is 0 Å². The first kappa shape index (κ1) is 61.9. The van der Waals surface area contributed by atoms with Gasteiger partial charge in [-0.15, -0.1) is 0 Å². The molecule has 3 heterocycles. The summed E-state index contributed by atoms with van der Waals surface area (Å²) < 4.78 is 32.9. The Morgan fingerprint density at radius 3 is 0.889 bits per heavy atom. The zero-order valence-electron chi connectivity index (χ0n) is 49.5. The Morgan fingerprint density at radius 2 is 0.654 bits per heavy atom. The average molecular weight is 1120 g/mol. The molecular formula is C63H90N6O12. The molecule has 3 saturated heterocycles. The Hall–Kier alpha value is -6.72. The van der Waals surface area contributed by atoms with E-state index in [0.717, 1.165) is 93.7 Å². The summed E-state index contributed by atoms with van der Waals surface area (Å²) >= 11 is 0. The molecule has 3 saturated carbocycles. The summed E-state index contributed by atoms with van der Waals surface area (Å²) in [5.41, 5.74) is 0.0236. The first-order chi connectivity index (χ1) is 38.3. The predicted molar refractivity (Wildman–Crippen MR) is 307 cm³/mol. The van der Waals surface area contributed by atoms with Crippen LogP contribution in [0.5, 0.6) is 0 Å². The third kappa shape index (κ3) is 18.1. The van der Waals surface area contributed by atoms with Crippen LogP contribution in [-0.4, -0.2) is 124 Å². The van der Waals surface area contributed by atoms with Gasteiger partial charge in [-0.3, -0.25) is 0 Å². The highest BCUT2D eigenvalue weighted by atomic mass is 16.6. The van der Waals surface area contributed by atoms with Crippen molar-refractivity contribution in [2.45, 2.75) is 193 Å². The van der Waals surface area contributed by atoms with Crippen molar-refractivity contribution < 1.29 is 57.2 Å². The van der Waals surface area contributed by atoms with Crippen LogP contribution in [0.25, 0.3) is 0 Å². The van der Waals surface area contributed by atoms with Crippen LogP contribution in [0.4, 0.5) is 28.8 Å². The van der Waals surface area contributed by atoms with Gasteiger partial charge in [0.2, 0.25) is 0 Å². The fourth-order valence-electron chi connectivity index (χ4n) is 12.4. The Kier molecular flexibility index (Phi) is 20.6. The van der Waals surface area contributed by atoms with Crippen LogP contribution < -0.4 is 16.0 Å². The van der Waals surface area contributed by atoms with Crippen LogP contribution in [0.15, 0.2) is 91.0 Å². The summed E-state index contributed by atoms with van der Waals surface area (Å²) in [4.78, 5) is 80.1. The molecule has 6 fully saturated rings. The van der Waals surface area contributed by atoms with E-state index in [0.29, 0.717) is 39.3 Å². The Labute approximate surface area is 480 Å². The van der Waals surface area contributed by atoms with Crippen molar-refractivity contribution >= 4 is 36.6 Å². The van der Waals surface area contributed by atoms with Gasteiger partial charge in [0.15, 0.2) is 0 Å². The Bertz CT molecular complexity index is 2290. The highest BCUT2D eigenvalue weighted by Crippen LogP contribution is 2.43. The number of hydrogen-bond donors (Lipinski definition) is 3. The predicted octanol–water partition coefficient (Wildman–Crippen LogP) is 12.3. The van der Waals surface area contributed by atoms with E-state index in [1.807, 2.05) is 153 Å². The third-order valence-corrected chi connectivity index (χ3v) is 16.0. The lowest BCUT2D eigenvalue weighted by Gasteiger charge is -2.39. The lowest BCUT2D eigenvalue weighted by Crippen LogP contribution is -2.56. The number of hydrogen-bond acceptors (Lipinski definition) is 12. The molecule has 6 unspecified atom stereocenters. The number of carbonyl (C=O) groups excluding carboxylic acids is 6. The molecule has 18 heteroatoms. The van der Waals surface area contributed by atoms with Crippen molar-refractivity contribution in [2.75, 3.05) is 39.3 Å². The zero-order chi connectivity index (χ0) is 58.5. The normalized spacial score (nSPS) is 24.9. The van der Waals surface area contributed by atoms with Crippen LogP contribution in [0.3, 0.4) is 0 Å². The van der Waals surface area contributed by atoms with E-state index in [1.54, 1.807) is 14.7 Å². The fraction of sp³-hybridized carbons (Fsp3) is 0.619. The topological polar surface area (TPSA) is 204 Å². The standard InChI is InChI=1S/3C21H30N2O4/c3*1-20(2,3)27-18(24)22-21-12-8-7-11-17(21)13-23(15-21)19(25)26-14-16-9-5-4-6-10-16/h3*4-6,9-10,17H,7-8,11-15H2,1-3H3,(H,22,24). The van der Waals surface area contributed by atoms with Crippen LogP contribution in [-0.2, 0) is 48.2 Å². The highest BCUT2D eigenvalue weighted by molar-refractivity contribution is 5.73. The molecule has 6 atom stereocenters. The molecule has 0 radical (unpaired) electrons. The molecule has 6 amide bonds. The van der Waals surface area contributed by atoms with E-state index in [2.05, 4.69) is 16.0 Å². The minimum atomic E-state index is -0.544. The molecule has 18 nitrogen and oxygen atoms in total. The molecule has 3 aliphatic heterocycles. The number of carbonyl (C=O) groups is 6. The smallest absolute Gasteiger partial charge is 0.410 e. The van der Waals surface area contributed by atoms with Gasteiger partial charge in [0.05, 0.1) is 16.6 Å². The molecule has 3 N–H and O–H groups in total. The van der Waals surface area contributed by atoms with Crippen LogP contribution in [0.2, 0.25) is 0 Å². The van der Waals surface area contributed by atoms with Crippen molar-refractivity contribution in [3.63, 3.8) is 0 Å². The van der Waals surface area contributed by atoms with Crippen molar-refractivity contribution in [3.05, 3.63) is 108 Å². The van der Waals surface area contributed by atoms with E-state index in [-0.39, 0.29) is 55.9 Å². The summed E-state index contributed by atoms with van der Waals surface area (Å²) in [6.45, 7) is 20.7. The molecule has 3 aromatic carbocycles. The first-order valence-electron chi connectivity index (χ1n) is 29.2. The van der Waals surface area contributed by atoms with Gasteiger partial charge < -0.3 is 59.1 Å². The van der Waals surface area contributed by atoms with Gasteiger partial charge in [-0.05, 0) is 118 Å². The number of fused-ring (bicyclic) bond motifs is 3. The van der Waals surface area contributed by atoms with E-state index in [9.17, 15) is 28.8 Å². The van der Waals surface area contributed by atoms with Crippen LogP contribution in [0.1, 0.15) is 156 Å². The summed E-state index contributed by atoms with van der Waals surface area (Å²) in [6.07, 6.45) is 9.87. The molecular weight excluding hydrogens is 1030 g/mol. The van der Waals surface area contributed by atoms with Gasteiger partial charge in [-0.25, -0.2) is 28.8 Å². The minimum absolute atomic E-state index is 0.239. The summed E-state index contributed by atoms with van der Waals surface area (Å²) in [6, 6.07) is 28.9. The van der Waals surface area contributed by atoms with Gasteiger partial charge in [0, 0.05) is 57.0 Å². The average Bonchev–Trinajstić information content (AvgIpc) is 4.25. The summed E-state index contributed by atoms with van der Waals surface area (Å²) in [5, 5.41) is 9.30. The SMILES string of the molecule is CC(C)(C)OC(=O)NC12CCCCC1CN(C(=O)OCc1ccccc1)C2.CC(C)(C)OC(=O)NC12CCCCC1CN(C(=O)OCc1ccccc1)C2.CC(C)(C)OC(=O)NC12CCCCC1CN(C(=O)OCc1ccccc1)C2. The van der Waals surface area contributed by atoms with Crippen molar-refractivity contribution in [2.24, 2.45) is 17.8 Å². The number of amides is 6. The quantitative estimate of drug-likeness (QED) is 0.171. The third-order valence-electron chi connectivity index (χ3n) is 16.0. The second-order valence-electron chi connectivity index (χ2n) is 25.9. The van der Waals surface area contributed by atoms with Gasteiger partial charge in [0.25, 0.3) is 0 Å². The van der Waals surface area contributed by atoms with Crippen molar-refractivity contribution in [1.29, 1.82) is 0 Å².